The highest BCUT2D eigenvalue weighted by molar-refractivity contribution is 7.94. The van der Waals surface area contributed by atoms with E-state index < -0.39 is 10.0 Å². The maximum absolute atomic E-state index is 13.5. The monoisotopic (exact) mass is 434 g/mol. The third-order valence-electron chi connectivity index (χ3n) is 5.25. The van der Waals surface area contributed by atoms with Crippen molar-refractivity contribution in [3.63, 3.8) is 0 Å². The van der Waals surface area contributed by atoms with E-state index in [2.05, 4.69) is 4.72 Å². The van der Waals surface area contributed by atoms with E-state index in [-0.39, 0.29) is 15.8 Å². The molecule has 150 valence electrons. The van der Waals surface area contributed by atoms with Crippen LogP contribution >= 0.6 is 11.3 Å². The Morgan fingerprint density at radius 3 is 2.43 bits per heavy atom. The van der Waals surface area contributed by atoms with E-state index in [4.69, 9.17) is 0 Å². The van der Waals surface area contributed by atoms with Crippen LogP contribution in [0.25, 0.3) is 10.8 Å². The first kappa shape index (κ1) is 18.8. The van der Waals surface area contributed by atoms with E-state index in [1.54, 1.807) is 34.5 Å². The number of benzene rings is 3. The molecule has 0 aliphatic carbocycles. The van der Waals surface area contributed by atoms with Crippen molar-refractivity contribution in [1.29, 1.82) is 0 Å². The first-order chi connectivity index (χ1) is 14.5. The summed E-state index contributed by atoms with van der Waals surface area (Å²) < 4.78 is 28.6. The average molecular weight is 435 g/mol. The van der Waals surface area contributed by atoms with Crippen LogP contribution in [0.2, 0.25) is 0 Å². The summed E-state index contributed by atoms with van der Waals surface area (Å²) in [7, 11) is -3.78. The van der Waals surface area contributed by atoms with Crippen LogP contribution in [0, 0.1) is 0 Å². The van der Waals surface area contributed by atoms with Gasteiger partial charge in [0.25, 0.3) is 15.9 Å². The molecule has 2 heterocycles. The number of thiophene rings is 1. The number of nitrogens with zero attached hydrogens (tertiary/aromatic N) is 1. The second-order valence-electron chi connectivity index (χ2n) is 7.12. The summed E-state index contributed by atoms with van der Waals surface area (Å²) in [6.45, 7) is 0.572. The van der Waals surface area contributed by atoms with Crippen molar-refractivity contribution in [1.82, 2.24) is 0 Å². The minimum atomic E-state index is -3.78. The molecule has 0 unspecified atom stereocenters. The molecule has 0 saturated carbocycles. The summed E-state index contributed by atoms with van der Waals surface area (Å²) >= 11 is 1.14. The molecule has 4 aromatic rings. The molecule has 1 N–H and O–H groups in total. The lowest BCUT2D eigenvalue weighted by atomic mass is 10.0. The lowest BCUT2D eigenvalue weighted by molar-refractivity contribution is 0.0990. The minimum absolute atomic E-state index is 0.209. The van der Waals surface area contributed by atoms with Gasteiger partial charge in [-0.3, -0.25) is 9.52 Å². The van der Waals surface area contributed by atoms with Gasteiger partial charge in [-0.05, 0) is 52.4 Å². The highest BCUT2D eigenvalue weighted by Gasteiger charge is 2.28. The number of fused-ring (bicyclic) bond motifs is 2. The summed E-state index contributed by atoms with van der Waals surface area (Å²) in [6.07, 6.45) is 0.783. The molecule has 0 atom stereocenters. The number of sulfonamides is 1. The SMILES string of the molecule is O=C(c1cc2ccccc2cc1NS(=O)(=O)c1cccs1)N1CCc2ccccc21. The molecule has 1 aromatic heterocycles. The molecule has 0 saturated heterocycles. The number of para-hydroxylation sites is 1. The molecule has 1 amide bonds. The normalized spacial score (nSPS) is 13.4. The van der Waals surface area contributed by atoms with E-state index >= 15 is 0 Å². The van der Waals surface area contributed by atoms with Gasteiger partial charge >= 0.3 is 0 Å². The third-order valence-corrected chi connectivity index (χ3v) is 8.02. The van der Waals surface area contributed by atoms with Gasteiger partial charge in [-0.15, -0.1) is 11.3 Å². The van der Waals surface area contributed by atoms with Crippen molar-refractivity contribution in [3.8, 4) is 0 Å². The molecule has 5 rings (SSSR count). The Bertz CT molecular complexity index is 1360. The van der Waals surface area contributed by atoms with E-state index in [0.717, 1.165) is 39.8 Å². The van der Waals surface area contributed by atoms with Crippen molar-refractivity contribution in [2.45, 2.75) is 10.6 Å². The number of anilines is 2. The number of nitrogens with one attached hydrogen (secondary N) is 1. The Morgan fingerprint density at radius 2 is 1.67 bits per heavy atom. The first-order valence-corrected chi connectivity index (χ1v) is 11.9. The number of hydrogen-bond donors (Lipinski definition) is 1. The van der Waals surface area contributed by atoms with E-state index in [9.17, 15) is 13.2 Å². The van der Waals surface area contributed by atoms with Gasteiger partial charge < -0.3 is 4.90 Å². The lowest BCUT2D eigenvalue weighted by Gasteiger charge is -2.20. The summed E-state index contributed by atoms with van der Waals surface area (Å²) in [5.74, 6) is -0.213. The number of hydrogen-bond acceptors (Lipinski definition) is 4. The molecule has 0 spiro atoms. The number of carbonyl (C=O) groups is 1. The molecule has 3 aromatic carbocycles. The predicted octanol–water partition coefficient (Wildman–Crippen LogP) is 4.91. The molecule has 1 aliphatic heterocycles. The third kappa shape index (κ3) is 3.26. The first-order valence-electron chi connectivity index (χ1n) is 9.52. The quantitative estimate of drug-likeness (QED) is 0.497. The van der Waals surface area contributed by atoms with Gasteiger partial charge in [0.15, 0.2) is 0 Å². The molecule has 0 radical (unpaired) electrons. The van der Waals surface area contributed by atoms with E-state index in [0.29, 0.717) is 12.1 Å². The van der Waals surface area contributed by atoms with Crippen LogP contribution in [0.5, 0.6) is 0 Å². The Kier molecular flexibility index (Phi) is 4.56. The summed E-state index contributed by atoms with van der Waals surface area (Å²) in [6, 6.07) is 22.2. The van der Waals surface area contributed by atoms with Crippen molar-refractivity contribution in [2.75, 3.05) is 16.2 Å². The molecule has 5 nitrogen and oxygen atoms in total. The molecule has 7 heteroatoms. The fourth-order valence-corrected chi connectivity index (χ4v) is 5.87. The zero-order valence-corrected chi connectivity index (χ0v) is 17.5. The van der Waals surface area contributed by atoms with Gasteiger partial charge in [0.05, 0.1) is 11.3 Å². The van der Waals surface area contributed by atoms with Crippen molar-refractivity contribution in [3.05, 3.63) is 89.3 Å². The maximum atomic E-state index is 13.5. The van der Waals surface area contributed by atoms with Crippen molar-refractivity contribution < 1.29 is 13.2 Å². The molecule has 30 heavy (non-hydrogen) atoms. The fraction of sp³-hybridized carbons (Fsp3) is 0.0870. The van der Waals surface area contributed by atoms with Crippen LogP contribution in [0.4, 0.5) is 11.4 Å². The Morgan fingerprint density at radius 1 is 0.933 bits per heavy atom. The number of rotatable bonds is 4. The highest BCUT2D eigenvalue weighted by atomic mass is 32.2. The predicted molar refractivity (Wildman–Crippen MR) is 121 cm³/mol. The topological polar surface area (TPSA) is 66.5 Å². The van der Waals surface area contributed by atoms with Gasteiger partial charge in [0.2, 0.25) is 0 Å². The Labute approximate surface area is 178 Å². The maximum Gasteiger partial charge on any atom is 0.271 e. The molecular weight excluding hydrogens is 416 g/mol. The second-order valence-corrected chi connectivity index (χ2v) is 9.97. The Balaban J connectivity index is 1.62. The van der Waals surface area contributed by atoms with Crippen LogP contribution in [-0.4, -0.2) is 20.9 Å². The average Bonchev–Trinajstić information content (AvgIpc) is 3.43. The van der Waals surface area contributed by atoms with Crippen LogP contribution in [0.15, 0.2) is 82.4 Å². The zero-order chi connectivity index (χ0) is 20.7. The van der Waals surface area contributed by atoms with Crippen LogP contribution in [-0.2, 0) is 16.4 Å². The molecule has 1 aliphatic rings. The number of amides is 1. The molecular formula is C23H18N2O3S2. The summed E-state index contributed by atoms with van der Waals surface area (Å²) in [5, 5.41) is 3.45. The fourth-order valence-electron chi connectivity index (χ4n) is 3.81. The van der Waals surface area contributed by atoms with Crippen LogP contribution < -0.4 is 9.62 Å². The van der Waals surface area contributed by atoms with Crippen LogP contribution in [0.3, 0.4) is 0 Å². The zero-order valence-electron chi connectivity index (χ0n) is 15.9. The van der Waals surface area contributed by atoms with Crippen molar-refractivity contribution in [2.24, 2.45) is 0 Å². The van der Waals surface area contributed by atoms with Gasteiger partial charge in [-0.2, -0.15) is 0 Å². The standard InChI is InChI=1S/C23H18N2O3S2/c26-23(25-12-11-16-6-3-4-9-21(16)25)19-14-17-7-1-2-8-18(17)15-20(19)24-30(27,28)22-10-5-13-29-22/h1-10,13-15,24H,11-12H2. The van der Waals surface area contributed by atoms with Crippen LogP contribution in [0.1, 0.15) is 15.9 Å². The van der Waals surface area contributed by atoms with E-state index in [1.165, 1.54) is 0 Å². The Hall–Kier alpha value is -3.16. The number of carbonyl (C=O) groups excluding carboxylic acids is 1. The largest absolute Gasteiger partial charge is 0.308 e. The molecule has 0 bridgehead atoms. The smallest absolute Gasteiger partial charge is 0.271 e. The van der Waals surface area contributed by atoms with Crippen molar-refractivity contribution >= 4 is 49.4 Å². The minimum Gasteiger partial charge on any atom is -0.308 e. The summed E-state index contributed by atoms with van der Waals surface area (Å²) in [4.78, 5) is 15.3. The van der Waals surface area contributed by atoms with Gasteiger partial charge in [0.1, 0.15) is 4.21 Å². The van der Waals surface area contributed by atoms with Gasteiger partial charge in [-0.1, -0.05) is 48.5 Å². The lowest BCUT2D eigenvalue weighted by Crippen LogP contribution is -2.30. The summed E-state index contributed by atoms with van der Waals surface area (Å²) in [5.41, 5.74) is 2.62. The highest BCUT2D eigenvalue weighted by Crippen LogP contribution is 2.33. The van der Waals surface area contributed by atoms with Gasteiger partial charge in [-0.25, -0.2) is 8.42 Å². The van der Waals surface area contributed by atoms with E-state index in [1.807, 2.05) is 48.5 Å². The second kappa shape index (κ2) is 7.27. The molecule has 0 fully saturated rings. The van der Waals surface area contributed by atoms with Gasteiger partial charge in [0, 0.05) is 12.2 Å².